The molecule has 2 atom stereocenters. The lowest BCUT2D eigenvalue weighted by molar-refractivity contribution is 0.213. The molecule has 1 heterocycles. The van der Waals surface area contributed by atoms with E-state index in [0.29, 0.717) is 19.5 Å². The number of hydrogen-bond acceptors (Lipinski definition) is 6. The van der Waals surface area contributed by atoms with Crippen LogP contribution in [0, 0.1) is 0 Å². The molecule has 1 aliphatic heterocycles. The first-order valence-corrected chi connectivity index (χ1v) is 7.44. The van der Waals surface area contributed by atoms with Crippen LogP contribution in [0.5, 0.6) is 0 Å². The lowest BCUT2D eigenvalue weighted by atomic mass is 10.3. The molecule has 90 valence electrons. The molecule has 15 heavy (non-hydrogen) atoms. The summed E-state index contributed by atoms with van der Waals surface area (Å²) in [5.74, 6) is -0.122. The average Bonchev–Trinajstić information content (AvgIpc) is 2.50. The van der Waals surface area contributed by atoms with E-state index in [2.05, 4.69) is 0 Å². The SMILES string of the molecule is CCS(=O)(=O)O[C@@H]1CCN(CS(=O)[O-])C1. The highest BCUT2D eigenvalue weighted by molar-refractivity contribution is 7.86. The average molecular weight is 256 g/mol. The highest BCUT2D eigenvalue weighted by Gasteiger charge is 2.26. The van der Waals surface area contributed by atoms with Gasteiger partial charge in [0.05, 0.1) is 17.7 Å². The van der Waals surface area contributed by atoms with E-state index in [0.717, 1.165) is 0 Å². The number of likely N-dealkylation sites (tertiary alicyclic amines) is 1. The van der Waals surface area contributed by atoms with Crippen molar-refractivity contribution >= 4 is 21.2 Å². The first kappa shape index (κ1) is 13.0. The second-order valence-electron chi connectivity index (χ2n) is 3.36. The molecule has 0 aliphatic carbocycles. The maximum absolute atomic E-state index is 11.1. The van der Waals surface area contributed by atoms with Gasteiger partial charge in [-0.2, -0.15) is 8.42 Å². The Morgan fingerprint density at radius 2 is 2.27 bits per heavy atom. The van der Waals surface area contributed by atoms with Crippen molar-refractivity contribution in [2.75, 3.05) is 24.7 Å². The van der Waals surface area contributed by atoms with E-state index in [-0.39, 0.29) is 11.6 Å². The van der Waals surface area contributed by atoms with Crippen LogP contribution in [0.25, 0.3) is 0 Å². The predicted octanol–water partition coefficient (Wildman–Crippen LogP) is -0.736. The lowest BCUT2D eigenvalue weighted by Crippen LogP contribution is -2.28. The van der Waals surface area contributed by atoms with Gasteiger partial charge in [0.15, 0.2) is 0 Å². The van der Waals surface area contributed by atoms with Gasteiger partial charge < -0.3 is 4.55 Å². The highest BCUT2D eigenvalue weighted by Crippen LogP contribution is 2.15. The van der Waals surface area contributed by atoms with Crippen LogP contribution < -0.4 is 0 Å². The molecule has 0 aromatic rings. The second-order valence-corrected chi connectivity index (χ2v) is 6.11. The quantitative estimate of drug-likeness (QED) is 0.476. The minimum atomic E-state index is -3.44. The fourth-order valence-electron chi connectivity index (χ4n) is 1.42. The Kier molecular flexibility index (Phi) is 4.65. The normalized spacial score (nSPS) is 25.6. The molecule has 0 spiro atoms. The van der Waals surface area contributed by atoms with Crippen molar-refractivity contribution in [3.8, 4) is 0 Å². The summed E-state index contributed by atoms with van der Waals surface area (Å²) in [4.78, 5) is 1.65. The topological polar surface area (TPSA) is 86.7 Å². The third-order valence-corrected chi connectivity index (χ3v) is 4.00. The Hall–Kier alpha value is -0.0200. The Balaban J connectivity index is 2.40. The maximum Gasteiger partial charge on any atom is 0.267 e. The van der Waals surface area contributed by atoms with Crippen molar-refractivity contribution in [1.82, 2.24) is 4.90 Å². The molecule has 1 saturated heterocycles. The zero-order valence-electron chi connectivity index (χ0n) is 8.42. The molecular formula is C7H14NO5S2-. The third kappa shape index (κ3) is 4.56. The molecule has 6 nitrogen and oxygen atoms in total. The van der Waals surface area contributed by atoms with Crippen LogP contribution in [0.1, 0.15) is 13.3 Å². The van der Waals surface area contributed by atoms with Crippen LogP contribution in [0.15, 0.2) is 0 Å². The van der Waals surface area contributed by atoms with Gasteiger partial charge >= 0.3 is 0 Å². The third-order valence-electron chi connectivity index (χ3n) is 2.15. The van der Waals surface area contributed by atoms with Gasteiger partial charge in [0.1, 0.15) is 0 Å². The van der Waals surface area contributed by atoms with Crippen LogP contribution in [0.3, 0.4) is 0 Å². The van der Waals surface area contributed by atoms with Crippen LogP contribution in [-0.4, -0.2) is 52.9 Å². The fourth-order valence-corrected chi connectivity index (χ4v) is 2.66. The van der Waals surface area contributed by atoms with E-state index in [1.54, 1.807) is 4.90 Å². The van der Waals surface area contributed by atoms with Gasteiger partial charge in [-0.05, 0) is 24.4 Å². The molecular weight excluding hydrogens is 242 g/mol. The zero-order valence-corrected chi connectivity index (χ0v) is 10.1. The van der Waals surface area contributed by atoms with Crippen molar-refractivity contribution in [3.05, 3.63) is 0 Å². The van der Waals surface area contributed by atoms with Crippen molar-refractivity contribution < 1.29 is 21.4 Å². The van der Waals surface area contributed by atoms with Gasteiger partial charge in [0.2, 0.25) is 0 Å². The molecule has 1 unspecified atom stereocenters. The molecule has 0 aromatic heterocycles. The van der Waals surface area contributed by atoms with Crippen molar-refractivity contribution in [1.29, 1.82) is 0 Å². The van der Waals surface area contributed by atoms with Gasteiger partial charge in [0, 0.05) is 13.1 Å². The summed E-state index contributed by atoms with van der Waals surface area (Å²) in [6.45, 7) is 2.42. The van der Waals surface area contributed by atoms with Gasteiger partial charge in [-0.25, -0.2) is 0 Å². The van der Waals surface area contributed by atoms with Crippen LogP contribution in [-0.2, 0) is 25.4 Å². The smallest absolute Gasteiger partial charge is 0.267 e. The standard InChI is InChI=1S/C7H15NO5S2/c1-2-15(11,12)13-7-3-4-8(5-7)6-14(9)10/h7H,2-6H2,1H3,(H,9,10)/p-1/t7-/m1/s1. The lowest BCUT2D eigenvalue weighted by Gasteiger charge is -2.17. The van der Waals surface area contributed by atoms with Crippen LogP contribution >= 0.6 is 0 Å². The van der Waals surface area contributed by atoms with E-state index in [9.17, 15) is 17.2 Å². The summed E-state index contributed by atoms with van der Waals surface area (Å²) in [7, 11) is -3.44. The Morgan fingerprint density at radius 1 is 1.60 bits per heavy atom. The molecule has 8 heteroatoms. The van der Waals surface area contributed by atoms with E-state index in [1.165, 1.54) is 6.92 Å². The van der Waals surface area contributed by atoms with Crippen molar-refractivity contribution in [3.63, 3.8) is 0 Å². The van der Waals surface area contributed by atoms with Gasteiger partial charge in [-0.3, -0.25) is 13.3 Å². The first-order chi connectivity index (χ1) is 6.93. The summed E-state index contributed by atoms with van der Waals surface area (Å²) in [5, 5.41) is 0. The van der Waals surface area contributed by atoms with E-state index in [1.807, 2.05) is 0 Å². The Bertz CT molecular complexity index is 328. The summed E-state index contributed by atoms with van der Waals surface area (Å²) in [6, 6.07) is 0. The molecule has 0 radical (unpaired) electrons. The summed E-state index contributed by atoms with van der Waals surface area (Å²) >= 11 is -2.12. The summed E-state index contributed by atoms with van der Waals surface area (Å²) in [6.07, 6.45) is 0.148. The maximum atomic E-state index is 11.1. The Morgan fingerprint density at radius 3 is 2.80 bits per heavy atom. The number of rotatable bonds is 5. The van der Waals surface area contributed by atoms with Gasteiger partial charge in [-0.1, -0.05) is 0 Å². The molecule has 0 bridgehead atoms. The van der Waals surface area contributed by atoms with Crippen molar-refractivity contribution in [2.45, 2.75) is 19.4 Å². The minimum Gasteiger partial charge on any atom is -0.771 e. The molecule has 0 saturated carbocycles. The van der Waals surface area contributed by atoms with E-state index < -0.39 is 27.3 Å². The highest BCUT2D eigenvalue weighted by atomic mass is 32.2. The Labute approximate surface area is 92.0 Å². The minimum absolute atomic E-state index is 0.0585. The van der Waals surface area contributed by atoms with Crippen molar-refractivity contribution in [2.24, 2.45) is 0 Å². The molecule has 1 aliphatic rings. The van der Waals surface area contributed by atoms with Gasteiger partial charge in [-0.15, -0.1) is 0 Å². The summed E-state index contributed by atoms with van der Waals surface area (Å²) < 4.78 is 47.9. The van der Waals surface area contributed by atoms with Gasteiger partial charge in [0.25, 0.3) is 10.1 Å². The summed E-state index contributed by atoms with van der Waals surface area (Å²) in [5.41, 5.74) is 0. The molecule has 1 rings (SSSR count). The number of hydrogen-bond donors (Lipinski definition) is 0. The molecule has 0 amide bonds. The zero-order chi connectivity index (χ0) is 11.5. The predicted molar refractivity (Wildman–Crippen MR) is 54.3 cm³/mol. The second kappa shape index (κ2) is 5.35. The van der Waals surface area contributed by atoms with Crippen LogP contribution in [0.4, 0.5) is 0 Å². The molecule has 1 fully saturated rings. The molecule has 0 aromatic carbocycles. The number of nitrogens with zero attached hydrogens (tertiary/aromatic N) is 1. The molecule has 0 N–H and O–H groups in total. The monoisotopic (exact) mass is 256 g/mol. The fraction of sp³-hybridized carbons (Fsp3) is 1.00. The van der Waals surface area contributed by atoms with E-state index >= 15 is 0 Å². The largest absolute Gasteiger partial charge is 0.771 e. The van der Waals surface area contributed by atoms with Crippen LogP contribution in [0.2, 0.25) is 0 Å². The first-order valence-electron chi connectivity index (χ1n) is 4.62. The van der Waals surface area contributed by atoms with E-state index in [4.69, 9.17) is 4.18 Å².